The van der Waals surface area contributed by atoms with Crippen LogP contribution in [0, 0.1) is 11.7 Å². The lowest BCUT2D eigenvalue weighted by molar-refractivity contribution is 0.410. The maximum absolute atomic E-state index is 13.2. The molecule has 0 radical (unpaired) electrons. The Morgan fingerprint density at radius 3 is 2.60 bits per heavy atom. The highest BCUT2D eigenvalue weighted by Crippen LogP contribution is 2.21. The van der Waals surface area contributed by atoms with Crippen LogP contribution in [0.4, 0.5) is 4.39 Å². The molecule has 0 N–H and O–H groups in total. The van der Waals surface area contributed by atoms with Crippen molar-refractivity contribution < 1.29 is 21.8 Å². The van der Waals surface area contributed by atoms with E-state index in [0.717, 1.165) is 6.26 Å². The number of rotatable bonds is 7. The zero-order valence-electron chi connectivity index (χ0n) is 11.8. The second kappa shape index (κ2) is 7.17. The molecule has 114 valence electrons. The molecule has 0 amide bonds. The fourth-order valence-electron chi connectivity index (χ4n) is 1.97. The summed E-state index contributed by atoms with van der Waals surface area (Å²) >= 11 is 0. The van der Waals surface area contributed by atoms with Crippen LogP contribution in [-0.2, 0) is 26.4 Å². The number of methoxy groups -OCH3 is 1. The Morgan fingerprint density at radius 2 is 2.05 bits per heavy atom. The molecule has 0 aliphatic heterocycles. The molecule has 1 aromatic rings. The number of benzene rings is 1. The zero-order chi connectivity index (χ0) is 15.3. The largest absolute Gasteiger partial charge is 0.496 e. The third kappa shape index (κ3) is 6.00. The SMILES string of the molecule is COc1ccc(F)cc1C[S@](=O)C[C@H](C)CS(C)(=O)=O. The van der Waals surface area contributed by atoms with Crippen LogP contribution in [0.5, 0.6) is 5.75 Å². The van der Waals surface area contributed by atoms with E-state index in [1.165, 1.54) is 25.3 Å². The normalized spacial score (nSPS) is 14.8. The van der Waals surface area contributed by atoms with E-state index in [-0.39, 0.29) is 23.2 Å². The van der Waals surface area contributed by atoms with Crippen molar-refractivity contribution in [3.8, 4) is 5.75 Å². The van der Waals surface area contributed by atoms with Crippen molar-refractivity contribution in [2.45, 2.75) is 12.7 Å². The average Bonchev–Trinajstić information content (AvgIpc) is 2.26. The van der Waals surface area contributed by atoms with Gasteiger partial charge in [-0.25, -0.2) is 12.8 Å². The van der Waals surface area contributed by atoms with E-state index in [2.05, 4.69) is 0 Å². The van der Waals surface area contributed by atoms with E-state index < -0.39 is 26.5 Å². The Labute approximate surface area is 121 Å². The molecule has 1 rings (SSSR count). The Hall–Kier alpha value is -0.950. The van der Waals surface area contributed by atoms with Crippen LogP contribution in [0.1, 0.15) is 12.5 Å². The van der Waals surface area contributed by atoms with Crippen LogP contribution < -0.4 is 4.74 Å². The molecule has 1 aromatic carbocycles. The lowest BCUT2D eigenvalue weighted by atomic mass is 10.2. The summed E-state index contributed by atoms with van der Waals surface area (Å²) in [7, 11) is -2.88. The molecule has 0 saturated carbocycles. The second-order valence-electron chi connectivity index (χ2n) is 4.90. The summed E-state index contributed by atoms with van der Waals surface area (Å²) in [4.78, 5) is 0. The van der Waals surface area contributed by atoms with Gasteiger partial charge in [0.2, 0.25) is 0 Å². The van der Waals surface area contributed by atoms with Crippen molar-refractivity contribution in [1.29, 1.82) is 0 Å². The van der Waals surface area contributed by atoms with Crippen molar-refractivity contribution in [3.63, 3.8) is 0 Å². The molecule has 0 heterocycles. The smallest absolute Gasteiger partial charge is 0.147 e. The molecule has 4 nitrogen and oxygen atoms in total. The van der Waals surface area contributed by atoms with E-state index in [1.807, 2.05) is 0 Å². The Morgan fingerprint density at radius 1 is 1.40 bits per heavy atom. The van der Waals surface area contributed by atoms with Gasteiger partial charge in [-0.2, -0.15) is 0 Å². The third-order valence-corrected chi connectivity index (χ3v) is 5.36. The third-order valence-electron chi connectivity index (χ3n) is 2.62. The summed E-state index contributed by atoms with van der Waals surface area (Å²) in [6, 6.07) is 4.05. The summed E-state index contributed by atoms with van der Waals surface area (Å²) in [5, 5.41) is 0. The molecule has 0 bridgehead atoms. The highest BCUT2D eigenvalue weighted by atomic mass is 32.2. The molecular formula is C13H19FO4S2. The minimum atomic E-state index is -3.08. The fourth-order valence-corrected chi connectivity index (χ4v) is 4.72. The van der Waals surface area contributed by atoms with E-state index in [1.54, 1.807) is 6.92 Å². The second-order valence-corrected chi connectivity index (χ2v) is 8.59. The topological polar surface area (TPSA) is 60.4 Å². The Kier molecular flexibility index (Phi) is 6.13. The average molecular weight is 322 g/mol. The molecular weight excluding hydrogens is 303 g/mol. The lowest BCUT2D eigenvalue weighted by Gasteiger charge is -2.12. The summed E-state index contributed by atoms with van der Waals surface area (Å²) in [6.07, 6.45) is 1.15. The monoisotopic (exact) mass is 322 g/mol. The van der Waals surface area contributed by atoms with Gasteiger partial charge >= 0.3 is 0 Å². The van der Waals surface area contributed by atoms with Crippen LogP contribution in [0.25, 0.3) is 0 Å². The molecule has 2 atom stereocenters. The van der Waals surface area contributed by atoms with Crippen LogP contribution in [0.3, 0.4) is 0 Å². The van der Waals surface area contributed by atoms with Crippen molar-refractivity contribution >= 4 is 20.6 Å². The van der Waals surface area contributed by atoms with E-state index in [0.29, 0.717) is 11.3 Å². The first-order valence-corrected chi connectivity index (χ1v) is 9.61. The number of hydrogen-bond donors (Lipinski definition) is 0. The van der Waals surface area contributed by atoms with E-state index in [9.17, 15) is 17.0 Å². The van der Waals surface area contributed by atoms with Gasteiger partial charge in [-0.05, 0) is 24.1 Å². The van der Waals surface area contributed by atoms with E-state index >= 15 is 0 Å². The molecule has 0 spiro atoms. The maximum Gasteiger partial charge on any atom is 0.147 e. The predicted molar refractivity (Wildman–Crippen MR) is 78.5 cm³/mol. The van der Waals surface area contributed by atoms with Crippen molar-refractivity contribution in [2.75, 3.05) is 24.9 Å². The highest BCUT2D eigenvalue weighted by molar-refractivity contribution is 7.90. The first-order valence-electron chi connectivity index (χ1n) is 6.06. The van der Waals surface area contributed by atoms with Crippen LogP contribution in [-0.4, -0.2) is 37.5 Å². The maximum atomic E-state index is 13.2. The Bertz CT molecular complexity index is 584. The highest BCUT2D eigenvalue weighted by Gasteiger charge is 2.15. The van der Waals surface area contributed by atoms with Gasteiger partial charge in [-0.1, -0.05) is 6.92 Å². The van der Waals surface area contributed by atoms with Gasteiger partial charge < -0.3 is 4.74 Å². The molecule has 7 heteroatoms. The van der Waals surface area contributed by atoms with Gasteiger partial charge in [0.15, 0.2) is 0 Å². The number of halogens is 1. The molecule has 0 aromatic heterocycles. The van der Waals surface area contributed by atoms with E-state index in [4.69, 9.17) is 4.74 Å². The molecule has 0 aliphatic rings. The quantitative estimate of drug-likeness (QED) is 0.767. The predicted octanol–water partition coefficient (Wildman–Crippen LogP) is 1.76. The number of sulfone groups is 1. The first-order chi connectivity index (χ1) is 9.21. The summed E-state index contributed by atoms with van der Waals surface area (Å²) in [5.41, 5.74) is 0.525. The summed E-state index contributed by atoms with van der Waals surface area (Å²) in [6.45, 7) is 1.74. The van der Waals surface area contributed by atoms with Gasteiger partial charge in [-0.3, -0.25) is 4.21 Å². The molecule has 0 unspecified atom stereocenters. The lowest BCUT2D eigenvalue weighted by Crippen LogP contribution is -2.18. The van der Waals surface area contributed by atoms with Crippen molar-refractivity contribution in [3.05, 3.63) is 29.6 Å². The molecule has 0 fully saturated rings. The number of hydrogen-bond acceptors (Lipinski definition) is 4. The van der Waals surface area contributed by atoms with Crippen molar-refractivity contribution in [1.82, 2.24) is 0 Å². The summed E-state index contributed by atoms with van der Waals surface area (Å²) < 4.78 is 52.6. The van der Waals surface area contributed by atoms with Gasteiger partial charge in [-0.15, -0.1) is 0 Å². The molecule has 20 heavy (non-hydrogen) atoms. The minimum absolute atomic E-state index is 0.000967. The fraction of sp³-hybridized carbons (Fsp3) is 0.538. The van der Waals surface area contributed by atoms with Crippen molar-refractivity contribution in [2.24, 2.45) is 5.92 Å². The summed E-state index contributed by atoms with van der Waals surface area (Å²) in [5.74, 6) is 0.267. The number of ether oxygens (including phenoxy) is 1. The van der Waals surface area contributed by atoms with Gasteiger partial charge in [0.1, 0.15) is 21.4 Å². The van der Waals surface area contributed by atoms with Crippen LogP contribution in [0.15, 0.2) is 18.2 Å². The van der Waals surface area contributed by atoms with Gasteiger partial charge in [0.05, 0.1) is 18.6 Å². The standard InChI is InChI=1S/C13H19FO4S2/c1-10(9-20(3,16)17)7-19(15)8-11-6-12(14)4-5-13(11)18-2/h4-6,10H,7-9H2,1-3H3/t10-,19+/m0/s1. The Balaban J connectivity index is 2.69. The first kappa shape index (κ1) is 17.1. The van der Waals surface area contributed by atoms with Gasteiger partial charge in [0, 0.05) is 28.4 Å². The molecule has 0 saturated heterocycles. The minimum Gasteiger partial charge on any atom is -0.496 e. The zero-order valence-corrected chi connectivity index (χ0v) is 13.4. The van der Waals surface area contributed by atoms with Gasteiger partial charge in [0.25, 0.3) is 0 Å². The van der Waals surface area contributed by atoms with Crippen LogP contribution in [0.2, 0.25) is 0 Å². The van der Waals surface area contributed by atoms with Crippen LogP contribution >= 0.6 is 0 Å². The molecule has 0 aliphatic carbocycles.